The average molecular weight is 265 g/mol. The van der Waals surface area contributed by atoms with E-state index < -0.39 is 0 Å². The molecule has 6 nitrogen and oxygen atoms in total. The molecule has 19 heavy (non-hydrogen) atoms. The van der Waals surface area contributed by atoms with Crippen LogP contribution >= 0.6 is 0 Å². The van der Waals surface area contributed by atoms with Gasteiger partial charge < -0.3 is 15.4 Å². The van der Waals surface area contributed by atoms with Crippen LogP contribution in [0.1, 0.15) is 40.0 Å². The second kappa shape index (κ2) is 6.54. The Morgan fingerprint density at radius 1 is 1.21 bits per heavy atom. The number of hydrogen-bond donors (Lipinski definition) is 2. The van der Waals surface area contributed by atoms with Gasteiger partial charge >= 0.3 is 6.01 Å². The molecule has 1 heterocycles. The summed E-state index contributed by atoms with van der Waals surface area (Å²) in [6, 6.07) is 0.775. The Bertz CT molecular complexity index is 408. The van der Waals surface area contributed by atoms with Gasteiger partial charge in [0.15, 0.2) is 0 Å². The summed E-state index contributed by atoms with van der Waals surface area (Å²) in [6.45, 7) is 7.58. The van der Waals surface area contributed by atoms with E-state index in [0.717, 1.165) is 18.9 Å². The molecule has 2 rings (SSSR count). The molecule has 1 unspecified atom stereocenters. The van der Waals surface area contributed by atoms with Gasteiger partial charge in [-0.15, -0.1) is 0 Å². The van der Waals surface area contributed by atoms with Gasteiger partial charge in [-0.05, 0) is 39.0 Å². The topological polar surface area (TPSA) is 72.0 Å². The van der Waals surface area contributed by atoms with E-state index in [-0.39, 0.29) is 0 Å². The van der Waals surface area contributed by atoms with Crippen LogP contribution < -0.4 is 15.4 Å². The Balaban J connectivity index is 2.07. The fraction of sp³-hybridized carbons (Fsp3) is 0.769. The molecule has 1 atom stereocenters. The third kappa shape index (κ3) is 4.22. The number of nitrogens with one attached hydrogen (secondary N) is 2. The second-order valence-corrected chi connectivity index (χ2v) is 4.90. The molecular weight excluding hydrogens is 242 g/mol. The molecule has 1 aliphatic carbocycles. The number of hydrogen-bond acceptors (Lipinski definition) is 6. The molecule has 0 spiro atoms. The number of nitrogens with zero attached hydrogens (tertiary/aromatic N) is 3. The Labute approximate surface area is 114 Å². The van der Waals surface area contributed by atoms with Gasteiger partial charge in [0.25, 0.3) is 0 Å². The molecule has 0 amide bonds. The van der Waals surface area contributed by atoms with Crippen LogP contribution in [0.15, 0.2) is 0 Å². The zero-order valence-electron chi connectivity index (χ0n) is 11.9. The maximum absolute atomic E-state index is 5.38. The molecule has 1 saturated carbocycles. The van der Waals surface area contributed by atoms with Crippen molar-refractivity contribution in [1.82, 2.24) is 15.0 Å². The lowest BCUT2D eigenvalue weighted by Gasteiger charge is -2.14. The highest BCUT2D eigenvalue weighted by Gasteiger charge is 2.28. The van der Waals surface area contributed by atoms with Crippen LogP contribution in [0.5, 0.6) is 6.01 Å². The van der Waals surface area contributed by atoms with Gasteiger partial charge in [0.05, 0.1) is 6.61 Å². The fourth-order valence-corrected chi connectivity index (χ4v) is 1.85. The van der Waals surface area contributed by atoms with Crippen LogP contribution in [0, 0.1) is 5.92 Å². The van der Waals surface area contributed by atoms with Crippen molar-refractivity contribution < 1.29 is 4.74 Å². The molecule has 0 aliphatic heterocycles. The highest BCUT2D eigenvalue weighted by Crippen LogP contribution is 2.33. The van der Waals surface area contributed by atoms with Gasteiger partial charge in [0.1, 0.15) is 0 Å². The van der Waals surface area contributed by atoms with Gasteiger partial charge in [-0.3, -0.25) is 0 Å². The zero-order valence-corrected chi connectivity index (χ0v) is 11.9. The lowest BCUT2D eigenvalue weighted by Crippen LogP contribution is -2.20. The van der Waals surface area contributed by atoms with Gasteiger partial charge in [0, 0.05) is 12.6 Å². The quantitative estimate of drug-likeness (QED) is 0.751. The molecule has 2 N–H and O–H groups in total. The van der Waals surface area contributed by atoms with Crippen molar-refractivity contribution in [3.8, 4) is 6.01 Å². The van der Waals surface area contributed by atoms with Crippen molar-refractivity contribution in [2.24, 2.45) is 5.92 Å². The van der Waals surface area contributed by atoms with Crippen molar-refractivity contribution in [2.45, 2.75) is 46.1 Å². The summed E-state index contributed by atoms with van der Waals surface area (Å²) >= 11 is 0. The largest absolute Gasteiger partial charge is 0.464 e. The molecule has 0 aromatic carbocycles. The predicted molar refractivity (Wildman–Crippen MR) is 75.6 cm³/mol. The van der Waals surface area contributed by atoms with E-state index in [1.807, 2.05) is 6.92 Å². The molecule has 1 aromatic heterocycles. The second-order valence-electron chi connectivity index (χ2n) is 4.90. The van der Waals surface area contributed by atoms with Crippen LogP contribution in [0.3, 0.4) is 0 Å². The van der Waals surface area contributed by atoms with E-state index >= 15 is 0 Å². The van der Waals surface area contributed by atoms with E-state index in [9.17, 15) is 0 Å². The minimum absolute atomic E-state index is 0.376. The molecule has 0 bridgehead atoms. The monoisotopic (exact) mass is 265 g/mol. The van der Waals surface area contributed by atoms with Crippen molar-refractivity contribution in [1.29, 1.82) is 0 Å². The Kier molecular flexibility index (Phi) is 4.76. The lowest BCUT2D eigenvalue weighted by molar-refractivity contribution is 0.312. The van der Waals surface area contributed by atoms with Crippen molar-refractivity contribution in [3.63, 3.8) is 0 Å². The summed E-state index contributed by atoms with van der Waals surface area (Å²) in [7, 11) is 0. The smallest absolute Gasteiger partial charge is 0.323 e. The summed E-state index contributed by atoms with van der Waals surface area (Å²) in [5.74, 6) is 1.92. The number of aromatic nitrogens is 3. The molecule has 106 valence electrons. The molecular formula is C13H23N5O. The number of ether oxygens (including phenoxy) is 1. The first-order valence-electron chi connectivity index (χ1n) is 7.12. The summed E-state index contributed by atoms with van der Waals surface area (Å²) in [5, 5.41) is 6.51. The van der Waals surface area contributed by atoms with Crippen LogP contribution in [-0.4, -0.2) is 34.1 Å². The molecule has 0 saturated heterocycles. The van der Waals surface area contributed by atoms with Crippen LogP contribution in [0.2, 0.25) is 0 Å². The Morgan fingerprint density at radius 3 is 2.58 bits per heavy atom. The third-order valence-corrected chi connectivity index (χ3v) is 3.11. The summed E-state index contributed by atoms with van der Waals surface area (Å²) in [6.07, 6.45) is 3.61. The maximum atomic E-state index is 5.38. The lowest BCUT2D eigenvalue weighted by atomic mass is 10.2. The van der Waals surface area contributed by atoms with Gasteiger partial charge in [-0.25, -0.2) is 0 Å². The van der Waals surface area contributed by atoms with E-state index in [2.05, 4.69) is 39.4 Å². The average Bonchev–Trinajstić information content (AvgIpc) is 3.20. The highest BCUT2D eigenvalue weighted by atomic mass is 16.5. The fourth-order valence-electron chi connectivity index (χ4n) is 1.85. The normalized spacial score (nSPS) is 15.9. The standard InChI is InChI=1S/C13H23N5O/c1-4-8-14-11-16-12(15-9(3)10-6-7-10)18-13(17-11)19-5-2/h9-10H,4-8H2,1-3H3,(H2,14,15,16,17,18). The molecule has 1 aliphatic rings. The van der Waals surface area contributed by atoms with Gasteiger partial charge in [-0.1, -0.05) is 6.92 Å². The van der Waals surface area contributed by atoms with Crippen molar-refractivity contribution in [2.75, 3.05) is 23.8 Å². The van der Waals surface area contributed by atoms with Crippen molar-refractivity contribution in [3.05, 3.63) is 0 Å². The van der Waals surface area contributed by atoms with Gasteiger partial charge in [-0.2, -0.15) is 15.0 Å². The maximum Gasteiger partial charge on any atom is 0.323 e. The predicted octanol–water partition coefficient (Wildman–Crippen LogP) is 2.30. The zero-order chi connectivity index (χ0) is 13.7. The summed E-state index contributed by atoms with van der Waals surface area (Å²) in [5.41, 5.74) is 0. The summed E-state index contributed by atoms with van der Waals surface area (Å²) in [4.78, 5) is 12.9. The molecule has 1 aromatic rings. The first kappa shape index (κ1) is 13.8. The van der Waals surface area contributed by atoms with Gasteiger partial charge in [0.2, 0.25) is 11.9 Å². The van der Waals surface area contributed by atoms with Crippen LogP contribution in [0.25, 0.3) is 0 Å². The molecule has 0 radical (unpaired) electrons. The minimum atomic E-state index is 0.376. The first-order chi connectivity index (χ1) is 9.22. The highest BCUT2D eigenvalue weighted by molar-refractivity contribution is 5.36. The Morgan fingerprint density at radius 2 is 1.95 bits per heavy atom. The first-order valence-corrected chi connectivity index (χ1v) is 7.12. The van der Waals surface area contributed by atoms with E-state index in [1.165, 1.54) is 12.8 Å². The molecule has 6 heteroatoms. The number of rotatable bonds is 8. The van der Waals surface area contributed by atoms with E-state index in [4.69, 9.17) is 4.74 Å². The SMILES string of the molecule is CCCNc1nc(NC(C)C2CC2)nc(OCC)n1. The number of anilines is 2. The van der Waals surface area contributed by atoms with Crippen LogP contribution in [-0.2, 0) is 0 Å². The minimum Gasteiger partial charge on any atom is -0.464 e. The van der Waals surface area contributed by atoms with E-state index in [0.29, 0.717) is 30.6 Å². The van der Waals surface area contributed by atoms with Crippen molar-refractivity contribution >= 4 is 11.9 Å². The van der Waals surface area contributed by atoms with E-state index in [1.54, 1.807) is 0 Å². The summed E-state index contributed by atoms with van der Waals surface area (Å²) < 4.78 is 5.38. The van der Waals surface area contributed by atoms with Crippen LogP contribution in [0.4, 0.5) is 11.9 Å². The third-order valence-electron chi connectivity index (χ3n) is 3.11. The molecule has 1 fully saturated rings. The Hall–Kier alpha value is -1.59.